The fourth-order valence-corrected chi connectivity index (χ4v) is 2.93. The SMILES string of the molecule is CSc1cccc(NC(=O)c2nnn(-c3cccc(Cl)c3)c2C)c1. The number of aromatic nitrogens is 3. The van der Waals surface area contributed by atoms with Crippen LogP contribution in [0, 0.1) is 6.92 Å². The van der Waals surface area contributed by atoms with E-state index in [0.29, 0.717) is 10.7 Å². The number of nitrogens with zero attached hydrogens (tertiary/aromatic N) is 3. The van der Waals surface area contributed by atoms with Crippen LogP contribution < -0.4 is 5.32 Å². The van der Waals surface area contributed by atoms with E-state index in [-0.39, 0.29) is 11.6 Å². The Balaban J connectivity index is 1.86. The average molecular weight is 359 g/mol. The Kier molecular flexibility index (Phi) is 4.87. The Bertz CT molecular complexity index is 894. The maximum atomic E-state index is 12.5. The summed E-state index contributed by atoms with van der Waals surface area (Å²) in [6, 6.07) is 14.9. The maximum Gasteiger partial charge on any atom is 0.278 e. The van der Waals surface area contributed by atoms with Crippen LogP contribution in [-0.4, -0.2) is 27.2 Å². The molecule has 3 aromatic rings. The summed E-state index contributed by atoms with van der Waals surface area (Å²) in [5.41, 5.74) is 2.42. The van der Waals surface area contributed by atoms with Crippen molar-refractivity contribution in [1.29, 1.82) is 0 Å². The number of thioether (sulfide) groups is 1. The van der Waals surface area contributed by atoms with Crippen LogP contribution in [0.15, 0.2) is 53.4 Å². The lowest BCUT2D eigenvalue weighted by molar-refractivity contribution is 0.102. The number of rotatable bonds is 4. The highest BCUT2D eigenvalue weighted by molar-refractivity contribution is 7.98. The first kappa shape index (κ1) is 16.5. The predicted molar refractivity (Wildman–Crippen MR) is 97.3 cm³/mol. The summed E-state index contributed by atoms with van der Waals surface area (Å²) in [5.74, 6) is -0.293. The lowest BCUT2D eigenvalue weighted by atomic mass is 10.2. The molecule has 1 N–H and O–H groups in total. The number of halogens is 1. The van der Waals surface area contributed by atoms with Gasteiger partial charge in [-0.1, -0.05) is 28.9 Å². The molecule has 0 bridgehead atoms. The van der Waals surface area contributed by atoms with E-state index in [1.807, 2.05) is 42.7 Å². The molecule has 1 amide bonds. The van der Waals surface area contributed by atoms with Gasteiger partial charge in [-0.3, -0.25) is 4.79 Å². The molecule has 5 nitrogen and oxygen atoms in total. The number of carbonyl (C=O) groups excluding carboxylic acids is 1. The second-order valence-corrected chi connectivity index (χ2v) is 6.42. The Morgan fingerprint density at radius 1 is 1.21 bits per heavy atom. The minimum Gasteiger partial charge on any atom is -0.320 e. The molecule has 1 aromatic heterocycles. The summed E-state index contributed by atoms with van der Waals surface area (Å²) in [6.07, 6.45) is 1.99. The van der Waals surface area contributed by atoms with Crippen molar-refractivity contribution in [2.24, 2.45) is 0 Å². The summed E-state index contributed by atoms with van der Waals surface area (Å²) < 4.78 is 1.60. The van der Waals surface area contributed by atoms with Gasteiger partial charge in [0, 0.05) is 15.6 Å². The molecule has 7 heteroatoms. The topological polar surface area (TPSA) is 59.8 Å². The molecule has 0 aliphatic carbocycles. The summed E-state index contributed by atoms with van der Waals surface area (Å²) in [4.78, 5) is 13.6. The van der Waals surface area contributed by atoms with Crippen LogP contribution >= 0.6 is 23.4 Å². The third kappa shape index (κ3) is 3.44. The molecule has 3 rings (SSSR count). The van der Waals surface area contributed by atoms with Gasteiger partial charge in [0.2, 0.25) is 0 Å². The Labute approximate surface area is 149 Å². The average Bonchev–Trinajstić information content (AvgIpc) is 2.96. The zero-order valence-corrected chi connectivity index (χ0v) is 14.7. The number of hydrogen-bond acceptors (Lipinski definition) is 4. The van der Waals surface area contributed by atoms with Crippen LogP contribution in [0.5, 0.6) is 0 Å². The normalized spacial score (nSPS) is 10.6. The van der Waals surface area contributed by atoms with Gasteiger partial charge in [0.1, 0.15) is 0 Å². The molecule has 0 fully saturated rings. The fraction of sp³-hybridized carbons (Fsp3) is 0.118. The van der Waals surface area contributed by atoms with Crippen LogP contribution in [0.1, 0.15) is 16.2 Å². The first-order valence-corrected chi connectivity index (χ1v) is 8.82. The number of hydrogen-bond donors (Lipinski definition) is 1. The molecule has 0 saturated heterocycles. The zero-order chi connectivity index (χ0) is 17.1. The van der Waals surface area contributed by atoms with E-state index in [0.717, 1.165) is 16.3 Å². The van der Waals surface area contributed by atoms with E-state index < -0.39 is 0 Å². The second kappa shape index (κ2) is 7.07. The van der Waals surface area contributed by atoms with Gasteiger partial charge in [0.05, 0.1) is 11.4 Å². The van der Waals surface area contributed by atoms with Crippen LogP contribution in [0.25, 0.3) is 5.69 Å². The smallest absolute Gasteiger partial charge is 0.278 e. The molecule has 0 radical (unpaired) electrons. The van der Waals surface area contributed by atoms with E-state index >= 15 is 0 Å². The molecule has 0 aliphatic rings. The van der Waals surface area contributed by atoms with Crippen molar-refractivity contribution in [1.82, 2.24) is 15.0 Å². The van der Waals surface area contributed by atoms with Crippen molar-refractivity contribution < 1.29 is 4.79 Å². The summed E-state index contributed by atoms with van der Waals surface area (Å²) in [6.45, 7) is 1.80. The highest BCUT2D eigenvalue weighted by atomic mass is 35.5. The third-order valence-electron chi connectivity index (χ3n) is 3.49. The molecule has 122 valence electrons. The predicted octanol–water partition coefficient (Wildman–Crippen LogP) is 4.20. The van der Waals surface area contributed by atoms with E-state index in [2.05, 4.69) is 15.6 Å². The Morgan fingerprint density at radius 3 is 2.75 bits per heavy atom. The van der Waals surface area contributed by atoms with Crippen molar-refractivity contribution in [2.75, 3.05) is 11.6 Å². The van der Waals surface area contributed by atoms with E-state index in [9.17, 15) is 4.79 Å². The molecule has 2 aromatic carbocycles. The highest BCUT2D eigenvalue weighted by Gasteiger charge is 2.17. The summed E-state index contributed by atoms with van der Waals surface area (Å²) in [5, 5.41) is 11.5. The largest absolute Gasteiger partial charge is 0.320 e. The summed E-state index contributed by atoms with van der Waals surface area (Å²) >= 11 is 7.63. The fourth-order valence-electron chi connectivity index (χ4n) is 2.28. The van der Waals surface area contributed by atoms with Crippen LogP contribution in [-0.2, 0) is 0 Å². The molecular formula is C17H15ClN4OS. The van der Waals surface area contributed by atoms with Gasteiger partial charge in [-0.05, 0) is 49.6 Å². The second-order valence-electron chi connectivity index (χ2n) is 5.10. The molecule has 0 aliphatic heterocycles. The van der Waals surface area contributed by atoms with Gasteiger partial charge in [-0.25, -0.2) is 4.68 Å². The van der Waals surface area contributed by atoms with Gasteiger partial charge in [-0.15, -0.1) is 16.9 Å². The van der Waals surface area contributed by atoms with E-state index in [1.54, 1.807) is 35.5 Å². The van der Waals surface area contributed by atoms with Crippen molar-refractivity contribution in [3.63, 3.8) is 0 Å². The maximum absolute atomic E-state index is 12.5. The van der Waals surface area contributed by atoms with E-state index in [4.69, 9.17) is 11.6 Å². The Hall–Kier alpha value is -2.31. The van der Waals surface area contributed by atoms with Gasteiger partial charge >= 0.3 is 0 Å². The van der Waals surface area contributed by atoms with Crippen molar-refractivity contribution in [3.8, 4) is 5.69 Å². The molecule has 0 saturated carbocycles. The molecular weight excluding hydrogens is 344 g/mol. The quantitative estimate of drug-likeness (QED) is 0.710. The minimum atomic E-state index is -0.293. The molecule has 1 heterocycles. The number of carbonyl (C=O) groups is 1. The number of amides is 1. The highest BCUT2D eigenvalue weighted by Crippen LogP contribution is 2.20. The lowest BCUT2D eigenvalue weighted by Crippen LogP contribution is -2.14. The van der Waals surface area contributed by atoms with Gasteiger partial charge in [0.25, 0.3) is 5.91 Å². The van der Waals surface area contributed by atoms with Crippen molar-refractivity contribution in [3.05, 3.63) is 64.9 Å². The molecule has 0 spiro atoms. The standard InChI is InChI=1S/C17H15ClN4OS/c1-11-16(17(23)19-13-6-4-8-15(10-13)24-2)20-21-22(11)14-7-3-5-12(18)9-14/h3-10H,1-2H3,(H,19,23). The third-order valence-corrected chi connectivity index (χ3v) is 4.45. The first-order valence-electron chi connectivity index (χ1n) is 7.22. The molecule has 0 unspecified atom stereocenters. The minimum absolute atomic E-state index is 0.282. The van der Waals surface area contributed by atoms with Crippen LogP contribution in [0.3, 0.4) is 0 Å². The summed E-state index contributed by atoms with van der Waals surface area (Å²) in [7, 11) is 0. The number of nitrogens with one attached hydrogen (secondary N) is 1. The lowest BCUT2D eigenvalue weighted by Gasteiger charge is -2.06. The van der Waals surface area contributed by atoms with Crippen LogP contribution in [0.2, 0.25) is 5.02 Å². The molecule has 0 atom stereocenters. The van der Waals surface area contributed by atoms with Gasteiger partial charge < -0.3 is 5.32 Å². The number of benzene rings is 2. The van der Waals surface area contributed by atoms with Crippen molar-refractivity contribution >= 4 is 35.0 Å². The van der Waals surface area contributed by atoms with Crippen LogP contribution in [0.4, 0.5) is 5.69 Å². The van der Waals surface area contributed by atoms with Gasteiger partial charge in [0.15, 0.2) is 5.69 Å². The zero-order valence-electron chi connectivity index (χ0n) is 13.2. The van der Waals surface area contributed by atoms with Gasteiger partial charge in [-0.2, -0.15) is 0 Å². The van der Waals surface area contributed by atoms with Crippen molar-refractivity contribution in [2.45, 2.75) is 11.8 Å². The monoisotopic (exact) mass is 358 g/mol. The molecule has 24 heavy (non-hydrogen) atoms. The first-order chi connectivity index (χ1) is 11.6. The number of anilines is 1. The van der Waals surface area contributed by atoms with E-state index in [1.165, 1.54) is 0 Å². The Morgan fingerprint density at radius 2 is 2.00 bits per heavy atom.